The molecule has 226 valence electrons. The van der Waals surface area contributed by atoms with Crippen LogP contribution in [-0.2, 0) is 6.42 Å². The van der Waals surface area contributed by atoms with Gasteiger partial charge in [-0.15, -0.1) is 0 Å². The smallest absolute Gasteiger partial charge is 0.339 e. The van der Waals surface area contributed by atoms with Gasteiger partial charge >= 0.3 is 17.7 Å². The van der Waals surface area contributed by atoms with Gasteiger partial charge in [-0.2, -0.15) is 15.0 Å². The Hall–Kier alpha value is -6.17. The molecule has 0 saturated heterocycles. The fourth-order valence-corrected chi connectivity index (χ4v) is 4.69. The molecule has 12 nitrogen and oxygen atoms in total. The molecule has 0 unspecified atom stereocenters. The number of anilines is 3. The molecule has 0 atom stereocenters. The third-order valence-corrected chi connectivity index (χ3v) is 6.81. The van der Waals surface area contributed by atoms with E-state index >= 15 is 0 Å². The van der Waals surface area contributed by atoms with Crippen molar-refractivity contribution in [1.29, 1.82) is 0 Å². The summed E-state index contributed by atoms with van der Waals surface area (Å²) in [6.07, 6.45) is 0.595. The summed E-state index contributed by atoms with van der Waals surface area (Å²) in [5.41, 5.74) is 1.32. The summed E-state index contributed by atoms with van der Waals surface area (Å²) >= 11 is 0. The second-order valence-electron chi connectivity index (χ2n) is 9.80. The van der Waals surface area contributed by atoms with E-state index in [-0.39, 0.29) is 23.7 Å². The van der Waals surface area contributed by atoms with E-state index in [1.165, 1.54) is 6.07 Å². The van der Waals surface area contributed by atoms with Crippen molar-refractivity contribution in [2.45, 2.75) is 6.42 Å². The Kier molecular flexibility index (Phi) is 8.36. The van der Waals surface area contributed by atoms with Crippen molar-refractivity contribution in [3.8, 4) is 23.3 Å². The number of aromatic nitrogens is 3. The number of methoxy groups -OCH3 is 2. The highest BCUT2D eigenvalue weighted by molar-refractivity contribution is 6.00. The van der Waals surface area contributed by atoms with Gasteiger partial charge in [0.05, 0.1) is 25.7 Å². The summed E-state index contributed by atoms with van der Waals surface area (Å²) < 4.78 is 21.9. The second-order valence-corrected chi connectivity index (χ2v) is 9.80. The van der Waals surface area contributed by atoms with Gasteiger partial charge in [0.1, 0.15) is 11.3 Å². The van der Waals surface area contributed by atoms with Crippen LogP contribution >= 0.6 is 0 Å². The number of nitrogens with one attached hydrogen (secondary N) is 3. The molecule has 0 aliphatic heterocycles. The summed E-state index contributed by atoms with van der Waals surface area (Å²) in [5, 5.41) is 11.2. The summed E-state index contributed by atoms with van der Waals surface area (Å²) in [4.78, 5) is 38.2. The van der Waals surface area contributed by atoms with Crippen molar-refractivity contribution in [2.75, 3.05) is 36.7 Å². The third-order valence-electron chi connectivity index (χ3n) is 6.81. The minimum absolute atomic E-state index is 0.0702. The summed E-state index contributed by atoms with van der Waals surface area (Å²) in [7, 11) is 3.16. The lowest BCUT2D eigenvalue weighted by molar-refractivity contribution is 0.262. The molecule has 6 rings (SSSR count). The number of urea groups is 1. The first-order valence-electron chi connectivity index (χ1n) is 14.0. The van der Waals surface area contributed by atoms with Gasteiger partial charge in [0.2, 0.25) is 11.9 Å². The van der Waals surface area contributed by atoms with E-state index in [2.05, 4.69) is 30.9 Å². The van der Waals surface area contributed by atoms with Gasteiger partial charge in [0.25, 0.3) is 0 Å². The number of fused-ring (bicyclic) bond motifs is 2. The van der Waals surface area contributed by atoms with Gasteiger partial charge in [-0.1, -0.05) is 48.5 Å². The monoisotopic (exact) mass is 604 g/mol. The van der Waals surface area contributed by atoms with Crippen LogP contribution in [0.4, 0.5) is 22.4 Å². The lowest BCUT2D eigenvalue weighted by Gasteiger charge is -2.12. The predicted octanol–water partition coefficient (Wildman–Crippen LogP) is 6.24. The maximum Gasteiger partial charge on any atom is 0.339 e. The molecule has 3 N–H and O–H groups in total. The summed E-state index contributed by atoms with van der Waals surface area (Å²) in [6.45, 7) is 0.430. The molecule has 0 aliphatic carbocycles. The molecule has 0 bridgehead atoms. The van der Waals surface area contributed by atoms with Crippen LogP contribution < -0.4 is 35.8 Å². The lowest BCUT2D eigenvalue weighted by Crippen LogP contribution is -2.22. The molecule has 0 aliphatic rings. The Morgan fingerprint density at radius 3 is 2.38 bits per heavy atom. The summed E-state index contributed by atoms with van der Waals surface area (Å²) in [6, 6.07) is 26.5. The van der Waals surface area contributed by atoms with Crippen LogP contribution in [0.1, 0.15) is 5.56 Å². The molecule has 0 fully saturated rings. The van der Waals surface area contributed by atoms with Crippen LogP contribution in [0.25, 0.3) is 21.7 Å². The topological polar surface area (TPSA) is 150 Å². The van der Waals surface area contributed by atoms with Crippen LogP contribution in [0.2, 0.25) is 0 Å². The number of nitrogens with zero attached hydrogens (tertiary/aromatic N) is 3. The van der Waals surface area contributed by atoms with Gasteiger partial charge in [-0.25, -0.2) is 9.59 Å². The van der Waals surface area contributed by atoms with Gasteiger partial charge in [-0.3, -0.25) is 5.32 Å². The first-order chi connectivity index (χ1) is 22.0. The van der Waals surface area contributed by atoms with E-state index in [1.54, 1.807) is 44.6 Å². The number of carbonyl (C=O) groups is 1. The second kappa shape index (κ2) is 13.0. The first-order valence-corrected chi connectivity index (χ1v) is 14.0. The molecule has 4 aromatic carbocycles. The number of rotatable bonds is 10. The van der Waals surface area contributed by atoms with Gasteiger partial charge in [-0.05, 0) is 59.2 Å². The lowest BCUT2D eigenvalue weighted by atomic mass is 10.1. The summed E-state index contributed by atoms with van der Waals surface area (Å²) in [5.74, 6) is 1.52. The number of ether oxygens (including phenoxy) is 3. The standard InChI is InChI=1S/C33H28N6O6/c1-42-26-14-11-20(17-28(26)43-2)15-16-34-30-36-31(37-32(41)35-23-13-12-21-7-3-4-8-22(21)18-23)39-33(38-30)45-27-19-29(40)44-25-10-6-5-9-24(25)27/h3-14,17-19H,15-16H2,1-2H3,(H3,34,35,36,37,38,39,41). The van der Waals surface area contributed by atoms with Crippen LogP contribution in [-0.4, -0.2) is 41.7 Å². The van der Waals surface area contributed by atoms with E-state index in [0.29, 0.717) is 41.1 Å². The van der Waals surface area contributed by atoms with Crippen LogP contribution in [0.15, 0.2) is 100 Å². The molecule has 2 heterocycles. The van der Waals surface area contributed by atoms with Gasteiger partial charge in [0.15, 0.2) is 11.5 Å². The quantitative estimate of drug-likeness (QED) is 0.153. The minimum Gasteiger partial charge on any atom is -0.493 e. The zero-order valence-electron chi connectivity index (χ0n) is 24.4. The molecule has 0 radical (unpaired) electrons. The number of benzene rings is 4. The van der Waals surface area contributed by atoms with E-state index in [1.807, 2.05) is 54.6 Å². The molecule has 45 heavy (non-hydrogen) atoms. The number of amides is 2. The third kappa shape index (κ3) is 6.91. The first kappa shape index (κ1) is 28.9. The fourth-order valence-electron chi connectivity index (χ4n) is 4.69. The SMILES string of the molecule is COc1ccc(CCNc2nc(NC(=O)Nc3ccc4ccccc4c3)nc(Oc3cc(=O)oc4ccccc34)n2)cc1OC. The highest BCUT2D eigenvalue weighted by Gasteiger charge is 2.15. The van der Waals surface area contributed by atoms with Crippen LogP contribution in [0, 0.1) is 0 Å². The average molecular weight is 605 g/mol. The largest absolute Gasteiger partial charge is 0.493 e. The van der Waals surface area contributed by atoms with Gasteiger partial charge < -0.3 is 29.3 Å². The van der Waals surface area contributed by atoms with Crippen molar-refractivity contribution >= 4 is 45.4 Å². The Morgan fingerprint density at radius 2 is 1.53 bits per heavy atom. The number of carbonyl (C=O) groups excluding carboxylic acids is 1. The fraction of sp³-hybridized carbons (Fsp3) is 0.121. The number of para-hydroxylation sites is 1. The maximum atomic E-state index is 13.0. The van der Waals surface area contributed by atoms with E-state index in [9.17, 15) is 9.59 Å². The molecular weight excluding hydrogens is 576 g/mol. The van der Waals surface area contributed by atoms with Gasteiger partial charge in [0, 0.05) is 12.2 Å². The molecule has 6 aromatic rings. The van der Waals surface area contributed by atoms with Crippen LogP contribution in [0.5, 0.6) is 23.3 Å². The number of hydrogen-bond acceptors (Lipinski definition) is 10. The minimum atomic E-state index is -0.598. The van der Waals surface area contributed by atoms with Crippen molar-refractivity contribution in [1.82, 2.24) is 15.0 Å². The predicted molar refractivity (Wildman–Crippen MR) is 171 cm³/mol. The normalized spacial score (nSPS) is 10.8. The Bertz CT molecular complexity index is 2060. The number of hydrogen-bond donors (Lipinski definition) is 3. The molecule has 0 spiro atoms. The molecule has 2 amide bonds. The Morgan fingerprint density at radius 1 is 0.756 bits per heavy atom. The molecule has 0 saturated carbocycles. The average Bonchev–Trinajstić information content (AvgIpc) is 3.04. The highest BCUT2D eigenvalue weighted by Crippen LogP contribution is 2.29. The zero-order chi connectivity index (χ0) is 31.2. The highest BCUT2D eigenvalue weighted by atomic mass is 16.5. The van der Waals surface area contributed by atoms with Crippen molar-refractivity contribution in [3.63, 3.8) is 0 Å². The van der Waals surface area contributed by atoms with Crippen molar-refractivity contribution in [3.05, 3.63) is 107 Å². The molecular formula is C33H28N6O6. The Balaban J connectivity index is 1.24. The zero-order valence-corrected chi connectivity index (χ0v) is 24.4. The maximum absolute atomic E-state index is 13.0. The van der Waals surface area contributed by atoms with E-state index in [4.69, 9.17) is 18.6 Å². The van der Waals surface area contributed by atoms with Crippen molar-refractivity contribution < 1.29 is 23.4 Å². The van der Waals surface area contributed by atoms with E-state index < -0.39 is 11.7 Å². The van der Waals surface area contributed by atoms with E-state index in [0.717, 1.165) is 16.3 Å². The molecule has 12 heteroatoms. The Labute approximate surface area is 257 Å². The van der Waals surface area contributed by atoms with Crippen molar-refractivity contribution in [2.24, 2.45) is 0 Å². The van der Waals surface area contributed by atoms with Crippen LogP contribution in [0.3, 0.4) is 0 Å². The molecule has 2 aromatic heterocycles.